The molecule has 8 heteroatoms. The number of aryl methyl sites for hydroxylation is 2. The predicted molar refractivity (Wildman–Crippen MR) is 107 cm³/mol. The van der Waals surface area contributed by atoms with Gasteiger partial charge < -0.3 is 18.9 Å². The molecule has 1 N–H and O–H groups in total. The number of ether oxygens (including phenoxy) is 1. The number of carbonyl (C=O) groups excluding carboxylic acids is 1. The zero-order chi connectivity index (χ0) is 20.5. The average Bonchev–Trinajstić information content (AvgIpc) is 3.21. The van der Waals surface area contributed by atoms with Gasteiger partial charge in [0.05, 0.1) is 30.3 Å². The summed E-state index contributed by atoms with van der Waals surface area (Å²) in [5, 5.41) is 2.82. The Morgan fingerprint density at radius 2 is 2.00 bits per heavy atom. The monoisotopic (exact) mass is 393 g/mol. The second kappa shape index (κ2) is 7.31. The molecule has 0 unspecified atom stereocenters. The molecule has 1 amide bonds. The summed E-state index contributed by atoms with van der Waals surface area (Å²) in [6, 6.07) is 12.4. The standard InChI is InChI=1S/C21H19N3O5/c1-12-15(23-20(28-12)14-6-4-5-7-17(14)27-3)11-19(25)22-13-8-9-18-16(10-13)24(2)21(26)29-18/h4-10H,11H2,1-3H3,(H,22,25). The van der Waals surface area contributed by atoms with Gasteiger partial charge >= 0.3 is 5.76 Å². The van der Waals surface area contributed by atoms with E-state index < -0.39 is 5.76 Å². The number of fused-ring (bicyclic) bond motifs is 1. The third kappa shape index (κ3) is 3.52. The lowest BCUT2D eigenvalue weighted by Crippen LogP contribution is -2.15. The Hall–Kier alpha value is -3.81. The summed E-state index contributed by atoms with van der Waals surface area (Å²) in [7, 11) is 3.19. The van der Waals surface area contributed by atoms with Gasteiger partial charge in [-0.15, -0.1) is 0 Å². The largest absolute Gasteiger partial charge is 0.496 e. The van der Waals surface area contributed by atoms with Crippen LogP contribution in [0.1, 0.15) is 11.5 Å². The van der Waals surface area contributed by atoms with Gasteiger partial charge in [0.25, 0.3) is 0 Å². The molecule has 0 atom stereocenters. The smallest absolute Gasteiger partial charge is 0.419 e. The number of nitrogens with one attached hydrogen (secondary N) is 1. The van der Waals surface area contributed by atoms with E-state index in [-0.39, 0.29) is 12.3 Å². The number of hydrogen-bond donors (Lipinski definition) is 1. The van der Waals surface area contributed by atoms with Crippen LogP contribution in [0.2, 0.25) is 0 Å². The molecule has 29 heavy (non-hydrogen) atoms. The number of oxazole rings is 2. The molecule has 2 aromatic heterocycles. The quantitative estimate of drug-likeness (QED) is 0.559. The number of methoxy groups -OCH3 is 1. The summed E-state index contributed by atoms with van der Waals surface area (Å²) in [5.41, 5.74) is 2.88. The highest BCUT2D eigenvalue weighted by molar-refractivity contribution is 5.94. The molecule has 0 saturated carbocycles. The Morgan fingerprint density at radius 3 is 2.79 bits per heavy atom. The lowest BCUT2D eigenvalue weighted by atomic mass is 10.2. The lowest BCUT2D eigenvalue weighted by Gasteiger charge is -2.04. The van der Waals surface area contributed by atoms with Crippen LogP contribution < -0.4 is 15.8 Å². The van der Waals surface area contributed by atoms with Crippen LogP contribution in [0, 0.1) is 6.92 Å². The second-order valence-corrected chi connectivity index (χ2v) is 6.56. The maximum atomic E-state index is 12.5. The minimum Gasteiger partial charge on any atom is -0.496 e. The fourth-order valence-corrected chi connectivity index (χ4v) is 3.09. The van der Waals surface area contributed by atoms with Crippen molar-refractivity contribution < 1.29 is 18.4 Å². The van der Waals surface area contributed by atoms with Crippen LogP contribution in [-0.4, -0.2) is 22.6 Å². The highest BCUT2D eigenvalue weighted by Gasteiger charge is 2.17. The molecular weight excluding hydrogens is 374 g/mol. The number of aromatic nitrogens is 2. The van der Waals surface area contributed by atoms with E-state index in [9.17, 15) is 9.59 Å². The van der Waals surface area contributed by atoms with E-state index in [1.807, 2.05) is 24.3 Å². The van der Waals surface area contributed by atoms with Crippen LogP contribution in [0.3, 0.4) is 0 Å². The third-order valence-electron chi connectivity index (χ3n) is 4.63. The molecule has 4 rings (SSSR count). The van der Waals surface area contributed by atoms with Gasteiger partial charge in [-0.25, -0.2) is 9.78 Å². The lowest BCUT2D eigenvalue weighted by molar-refractivity contribution is -0.115. The van der Waals surface area contributed by atoms with Crippen molar-refractivity contribution in [1.82, 2.24) is 9.55 Å². The Bertz CT molecular complexity index is 1270. The Labute approximate surface area is 165 Å². The predicted octanol–water partition coefficient (Wildman–Crippen LogP) is 3.28. The number of benzene rings is 2. The molecule has 4 aromatic rings. The van der Waals surface area contributed by atoms with Crippen molar-refractivity contribution in [3.05, 3.63) is 64.5 Å². The van der Waals surface area contributed by atoms with Gasteiger partial charge in [-0.1, -0.05) is 12.1 Å². The molecule has 0 saturated heterocycles. The van der Waals surface area contributed by atoms with Crippen molar-refractivity contribution >= 4 is 22.7 Å². The highest BCUT2D eigenvalue weighted by Crippen LogP contribution is 2.30. The van der Waals surface area contributed by atoms with Crippen LogP contribution >= 0.6 is 0 Å². The average molecular weight is 393 g/mol. The first kappa shape index (κ1) is 18.5. The summed E-state index contributed by atoms with van der Waals surface area (Å²) in [4.78, 5) is 28.6. The van der Waals surface area contributed by atoms with Gasteiger partial charge in [0.1, 0.15) is 11.5 Å². The summed E-state index contributed by atoms with van der Waals surface area (Å²) >= 11 is 0. The molecule has 0 aliphatic rings. The number of nitrogens with zero attached hydrogens (tertiary/aromatic N) is 2. The maximum absolute atomic E-state index is 12.5. The van der Waals surface area contributed by atoms with E-state index >= 15 is 0 Å². The van der Waals surface area contributed by atoms with E-state index in [4.69, 9.17) is 13.6 Å². The first-order chi connectivity index (χ1) is 14.0. The van der Waals surface area contributed by atoms with E-state index in [1.165, 1.54) is 4.57 Å². The summed E-state index contributed by atoms with van der Waals surface area (Å²) in [6.45, 7) is 1.77. The number of amides is 1. The maximum Gasteiger partial charge on any atom is 0.419 e. The Kier molecular flexibility index (Phi) is 4.67. The van der Waals surface area contributed by atoms with Crippen LogP contribution in [0.15, 0.2) is 56.1 Å². The van der Waals surface area contributed by atoms with Gasteiger partial charge in [-0.2, -0.15) is 0 Å². The molecular formula is C21H19N3O5. The van der Waals surface area contributed by atoms with Crippen molar-refractivity contribution in [1.29, 1.82) is 0 Å². The number of rotatable bonds is 5. The molecule has 0 aliphatic carbocycles. The minimum atomic E-state index is -0.453. The van der Waals surface area contributed by atoms with E-state index in [0.717, 1.165) is 5.56 Å². The normalized spacial score (nSPS) is 11.0. The molecule has 0 spiro atoms. The molecule has 2 aromatic carbocycles. The van der Waals surface area contributed by atoms with E-state index in [2.05, 4.69) is 10.3 Å². The van der Waals surface area contributed by atoms with Crippen LogP contribution in [0.4, 0.5) is 5.69 Å². The fourth-order valence-electron chi connectivity index (χ4n) is 3.09. The van der Waals surface area contributed by atoms with E-state index in [0.29, 0.717) is 39.9 Å². The van der Waals surface area contributed by atoms with Crippen molar-refractivity contribution in [2.75, 3.05) is 12.4 Å². The minimum absolute atomic E-state index is 0.0484. The van der Waals surface area contributed by atoms with Crippen LogP contribution in [0.25, 0.3) is 22.6 Å². The number of para-hydroxylation sites is 1. The van der Waals surface area contributed by atoms with Crippen molar-refractivity contribution in [2.24, 2.45) is 7.05 Å². The fraction of sp³-hybridized carbons (Fsp3) is 0.190. The number of hydrogen-bond acceptors (Lipinski definition) is 6. The Balaban J connectivity index is 1.54. The van der Waals surface area contributed by atoms with Crippen LogP contribution in [0.5, 0.6) is 5.75 Å². The van der Waals surface area contributed by atoms with Gasteiger partial charge in [-0.3, -0.25) is 9.36 Å². The molecule has 0 radical (unpaired) electrons. The molecule has 8 nitrogen and oxygen atoms in total. The SMILES string of the molecule is COc1ccccc1-c1nc(CC(=O)Nc2ccc3oc(=O)n(C)c3c2)c(C)o1. The number of anilines is 1. The Morgan fingerprint density at radius 1 is 1.21 bits per heavy atom. The second-order valence-electron chi connectivity index (χ2n) is 6.56. The van der Waals surface area contributed by atoms with Gasteiger partial charge in [0.2, 0.25) is 11.8 Å². The van der Waals surface area contributed by atoms with Gasteiger partial charge in [-0.05, 0) is 37.3 Å². The molecule has 2 heterocycles. The molecule has 0 bridgehead atoms. The molecule has 0 aliphatic heterocycles. The zero-order valence-corrected chi connectivity index (χ0v) is 16.2. The highest BCUT2D eigenvalue weighted by atomic mass is 16.5. The van der Waals surface area contributed by atoms with Gasteiger partial charge in [0, 0.05) is 12.7 Å². The summed E-state index contributed by atoms with van der Waals surface area (Å²) < 4.78 is 17.6. The van der Waals surface area contributed by atoms with Crippen molar-refractivity contribution in [3.63, 3.8) is 0 Å². The third-order valence-corrected chi connectivity index (χ3v) is 4.63. The molecule has 148 valence electrons. The first-order valence-corrected chi connectivity index (χ1v) is 8.95. The van der Waals surface area contributed by atoms with Crippen LogP contribution in [-0.2, 0) is 18.3 Å². The van der Waals surface area contributed by atoms with E-state index in [1.54, 1.807) is 39.3 Å². The van der Waals surface area contributed by atoms with Crippen molar-refractivity contribution in [3.8, 4) is 17.2 Å². The number of carbonyl (C=O) groups is 1. The summed E-state index contributed by atoms with van der Waals surface area (Å²) in [5.74, 6) is 0.904. The topological polar surface area (TPSA) is 99.5 Å². The zero-order valence-electron chi connectivity index (χ0n) is 16.2. The molecule has 0 fully saturated rings. The first-order valence-electron chi connectivity index (χ1n) is 8.95. The van der Waals surface area contributed by atoms with Crippen molar-refractivity contribution in [2.45, 2.75) is 13.3 Å². The summed E-state index contributed by atoms with van der Waals surface area (Å²) in [6.07, 6.45) is 0.0484. The van der Waals surface area contributed by atoms with Gasteiger partial charge in [0.15, 0.2) is 5.58 Å².